The van der Waals surface area contributed by atoms with E-state index in [0.717, 1.165) is 17.5 Å². The van der Waals surface area contributed by atoms with Crippen LogP contribution in [0.1, 0.15) is 47.3 Å². The number of hydrogen-bond acceptors (Lipinski definition) is 6. The smallest absolute Gasteiger partial charge is 0.220 e. The second-order valence-electron chi connectivity index (χ2n) is 8.80. The molecule has 1 amide bonds. The minimum atomic E-state index is -0.758. The van der Waals surface area contributed by atoms with Gasteiger partial charge >= 0.3 is 0 Å². The van der Waals surface area contributed by atoms with Crippen LogP contribution in [0.3, 0.4) is 0 Å². The highest BCUT2D eigenvalue weighted by Gasteiger charge is 2.13. The Morgan fingerprint density at radius 3 is 2.43 bits per heavy atom. The number of aliphatic hydroxyl groups is 2. The fraction of sp³-hybridized carbons (Fsp3) is 0.321. The van der Waals surface area contributed by atoms with Crippen LogP contribution < -0.4 is 10.6 Å². The highest BCUT2D eigenvalue weighted by molar-refractivity contribution is 5.76. The van der Waals surface area contributed by atoms with E-state index >= 15 is 0 Å². The Labute approximate surface area is 206 Å². The van der Waals surface area contributed by atoms with Crippen molar-refractivity contribution < 1.29 is 25.2 Å². The zero-order valence-electron chi connectivity index (χ0n) is 19.9. The highest BCUT2D eigenvalue weighted by atomic mass is 16.3. The summed E-state index contributed by atoms with van der Waals surface area (Å²) in [5.74, 6) is 0.118. The number of benzene rings is 3. The Bertz CT molecular complexity index is 1120. The summed E-state index contributed by atoms with van der Waals surface area (Å²) < 4.78 is 0. The van der Waals surface area contributed by atoms with Crippen LogP contribution in [0.15, 0.2) is 66.7 Å². The molecule has 7 nitrogen and oxygen atoms in total. The first-order valence-electron chi connectivity index (χ1n) is 11.8. The first kappa shape index (κ1) is 26.2. The lowest BCUT2D eigenvalue weighted by molar-refractivity contribution is -0.121. The van der Waals surface area contributed by atoms with Crippen LogP contribution in [0.4, 0.5) is 0 Å². The van der Waals surface area contributed by atoms with E-state index in [2.05, 4.69) is 16.7 Å². The van der Waals surface area contributed by atoms with Gasteiger partial charge in [0.2, 0.25) is 5.91 Å². The molecule has 0 aliphatic carbocycles. The van der Waals surface area contributed by atoms with Crippen LogP contribution in [0, 0.1) is 0 Å². The highest BCUT2D eigenvalue weighted by Crippen LogP contribution is 2.22. The molecule has 0 saturated heterocycles. The summed E-state index contributed by atoms with van der Waals surface area (Å²) in [5, 5.41) is 45.4. The van der Waals surface area contributed by atoms with Crippen molar-refractivity contribution >= 4 is 5.91 Å². The van der Waals surface area contributed by atoms with Crippen molar-refractivity contribution in [3.63, 3.8) is 0 Å². The number of hydrogen-bond donors (Lipinski definition) is 6. The summed E-state index contributed by atoms with van der Waals surface area (Å²) in [6, 6.07) is 19.9. The average molecular weight is 479 g/mol. The van der Waals surface area contributed by atoms with Gasteiger partial charge in [-0.2, -0.15) is 0 Å². The molecule has 186 valence electrons. The Morgan fingerprint density at radius 1 is 0.914 bits per heavy atom. The topological polar surface area (TPSA) is 122 Å². The molecular weight excluding hydrogens is 444 g/mol. The zero-order valence-corrected chi connectivity index (χ0v) is 19.9. The fourth-order valence-electron chi connectivity index (χ4n) is 3.91. The predicted octanol–water partition coefficient (Wildman–Crippen LogP) is 3.09. The van der Waals surface area contributed by atoms with Crippen molar-refractivity contribution in [1.29, 1.82) is 0 Å². The molecule has 2 atom stereocenters. The van der Waals surface area contributed by atoms with E-state index in [4.69, 9.17) is 0 Å². The van der Waals surface area contributed by atoms with Crippen LogP contribution in [0.2, 0.25) is 0 Å². The van der Waals surface area contributed by atoms with E-state index in [0.29, 0.717) is 42.6 Å². The van der Waals surface area contributed by atoms with E-state index in [1.807, 2.05) is 31.2 Å². The molecule has 0 fully saturated rings. The van der Waals surface area contributed by atoms with Gasteiger partial charge in [0.15, 0.2) is 0 Å². The number of carbonyl (C=O) groups excluding carboxylic acids is 1. The predicted molar refractivity (Wildman–Crippen MR) is 135 cm³/mol. The first-order valence-corrected chi connectivity index (χ1v) is 11.8. The number of phenols is 2. The molecule has 3 aromatic rings. The molecule has 0 aromatic heterocycles. The van der Waals surface area contributed by atoms with Crippen LogP contribution >= 0.6 is 0 Å². The summed E-state index contributed by atoms with van der Waals surface area (Å²) in [6.07, 6.45) is 0.984. The van der Waals surface area contributed by atoms with Crippen molar-refractivity contribution in [2.75, 3.05) is 6.54 Å². The lowest BCUT2D eigenvalue weighted by atomic mass is 10.0. The molecule has 7 heteroatoms. The largest absolute Gasteiger partial charge is 0.508 e. The quantitative estimate of drug-likeness (QED) is 0.238. The molecule has 3 aromatic carbocycles. The number of phenolic OH excluding ortho intramolecular Hbond substituents is 1. The molecule has 0 unspecified atom stereocenters. The SMILES string of the molecule is C[C@H](Cc1cccc(CCC(=O)NCc2ccccc2O)c1)NC[C@@H](O)c1ccc(O)c(CO)c1. The second kappa shape index (κ2) is 12.9. The monoisotopic (exact) mass is 478 g/mol. The number of carbonyl (C=O) groups is 1. The van der Waals surface area contributed by atoms with Gasteiger partial charge in [0.1, 0.15) is 11.5 Å². The maximum absolute atomic E-state index is 12.2. The number of nitrogens with one attached hydrogen (secondary N) is 2. The number of rotatable bonds is 12. The van der Waals surface area contributed by atoms with Crippen molar-refractivity contribution in [2.45, 2.75) is 51.5 Å². The third-order valence-electron chi connectivity index (χ3n) is 5.96. The van der Waals surface area contributed by atoms with E-state index in [1.54, 1.807) is 30.3 Å². The van der Waals surface area contributed by atoms with Gasteiger partial charge in [0.25, 0.3) is 0 Å². The molecule has 0 aliphatic heterocycles. The van der Waals surface area contributed by atoms with Gasteiger partial charge in [-0.3, -0.25) is 4.79 Å². The Hall–Kier alpha value is -3.39. The van der Waals surface area contributed by atoms with E-state index in [1.165, 1.54) is 6.07 Å². The Balaban J connectivity index is 1.44. The molecular formula is C28H34N2O5. The number of aryl methyl sites for hydroxylation is 1. The maximum Gasteiger partial charge on any atom is 0.220 e. The van der Waals surface area contributed by atoms with Crippen LogP contribution in [-0.2, 0) is 30.8 Å². The molecule has 0 saturated carbocycles. The van der Waals surface area contributed by atoms with Gasteiger partial charge in [0.05, 0.1) is 12.7 Å². The van der Waals surface area contributed by atoms with Crippen molar-refractivity contribution in [3.8, 4) is 11.5 Å². The summed E-state index contributed by atoms with van der Waals surface area (Å²) in [4.78, 5) is 12.2. The minimum absolute atomic E-state index is 0.0117. The first-order chi connectivity index (χ1) is 16.9. The average Bonchev–Trinajstić information content (AvgIpc) is 2.86. The summed E-state index contributed by atoms with van der Waals surface area (Å²) in [5.41, 5.74) is 3.92. The minimum Gasteiger partial charge on any atom is -0.508 e. The Kier molecular flexibility index (Phi) is 9.66. The van der Waals surface area contributed by atoms with Gasteiger partial charge < -0.3 is 31.1 Å². The molecule has 3 rings (SSSR count). The summed E-state index contributed by atoms with van der Waals surface area (Å²) in [7, 11) is 0. The summed E-state index contributed by atoms with van der Waals surface area (Å²) >= 11 is 0. The molecule has 0 bridgehead atoms. The van der Waals surface area contributed by atoms with E-state index < -0.39 is 6.10 Å². The van der Waals surface area contributed by atoms with Crippen molar-refractivity contribution in [1.82, 2.24) is 10.6 Å². The molecule has 35 heavy (non-hydrogen) atoms. The molecule has 0 spiro atoms. The number of amides is 1. The van der Waals surface area contributed by atoms with E-state index in [9.17, 15) is 25.2 Å². The lowest BCUT2D eigenvalue weighted by Crippen LogP contribution is -2.32. The van der Waals surface area contributed by atoms with Gasteiger partial charge in [-0.15, -0.1) is 0 Å². The van der Waals surface area contributed by atoms with Crippen LogP contribution in [0.5, 0.6) is 11.5 Å². The normalized spacial score (nSPS) is 12.8. The molecule has 0 aliphatic rings. The standard InChI is InChI=1S/C28H34N2O5/c1-19(29-17-27(34)22-10-11-26(33)24(15-22)18-31)13-21-6-4-5-20(14-21)9-12-28(35)30-16-23-7-2-3-8-25(23)32/h2-8,10-11,14-15,19,27,29,31-34H,9,12-13,16-18H2,1H3,(H,30,35)/t19-,27-/m1/s1. The molecule has 0 heterocycles. The molecule has 0 radical (unpaired) electrons. The van der Waals surface area contributed by atoms with Crippen molar-refractivity contribution in [2.24, 2.45) is 0 Å². The van der Waals surface area contributed by atoms with Crippen LogP contribution in [0.25, 0.3) is 0 Å². The second-order valence-corrected chi connectivity index (χ2v) is 8.80. The zero-order chi connectivity index (χ0) is 25.2. The van der Waals surface area contributed by atoms with Gasteiger partial charge in [-0.05, 0) is 54.7 Å². The van der Waals surface area contributed by atoms with Gasteiger partial charge in [-0.25, -0.2) is 0 Å². The Morgan fingerprint density at radius 2 is 1.66 bits per heavy atom. The number of para-hydroxylation sites is 1. The summed E-state index contributed by atoms with van der Waals surface area (Å²) in [6.45, 7) is 2.40. The molecule has 6 N–H and O–H groups in total. The maximum atomic E-state index is 12.2. The third-order valence-corrected chi connectivity index (χ3v) is 5.96. The third kappa shape index (κ3) is 8.10. The van der Waals surface area contributed by atoms with Crippen molar-refractivity contribution in [3.05, 3.63) is 94.5 Å². The number of aliphatic hydroxyl groups excluding tert-OH is 2. The van der Waals surface area contributed by atoms with Crippen LogP contribution in [-0.4, -0.2) is 38.9 Å². The van der Waals surface area contributed by atoms with E-state index in [-0.39, 0.29) is 30.1 Å². The van der Waals surface area contributed by atoms with Gasteiger partial charge in [-0.1, -0.05) is 48.5 Å². The van der Waals surface area contributed by atoms with Gasteiger partial charge in [0, 0.05) is 36.7 Å². The number of aromatic hydroxyl groups is 2. The lowest BCUT2D eigenvalue weighted by Gasteiger charge is -2.18. The fourth-order valence-corrected chi connectivity index (χ4v) is 3.91.